The number of hydrogen-bond acceptors (Lipinski definition) is 4. The normalized spacial score (nSPS) is 12.3. The van der Waals surface area contributed by atoms with Crippen molar-refractivity contribution >= 4 is 5.91 Å². The molecule has 3 rings (SSSR count). The smallest absolute Gasteiger partial charge is 0.251 e. The fraction of sp³-hybridized carbons (Fsp3) is 0.222. The Hall–Kier alpha value is -3.00. The molecular formula is C18H16N2O3. The third kappa shape index (κ3) is 3.27. The number of nitriles is 1. The zero-order valence-corrected chi connectivity index (χ0v) is 12.8. The predicted molar refractivity (Wildman–Crippen MR) is 84.5 cm³/mol. The molecule has 1 amide bonds. The fourth-order valence-electron chi connectivity index (χ4n) is 2.43. The number of nitrogens with zero attached hydrogens (tertiary/aromatic N) is 1. The van der Waals surface area contributed by atoms with Crippen molar-refractivity contribution in [3.8, 4) is 17.6 Å². The summed E-state index contributed by atoms with van der Waals surface area (Å²) < 4.78 is 11.1. The zero-order chi connectivity index (χ0) is 16.2. The molecule has 0 aliphatic carbocycles. The van der Waals surface area contributed by atoms with Gasteiger partial charge in [0, 0.05) is 12.1 Å². The first kappa shape index (κ1) is 14.9. The Kier molecular flexibility index (Phi) is 4.15. The summed E-state index contributed by atoms with van der Waals surface area (Å²) in [5.74, 6) is 1.24. The summed E-state index contributed by atoms with van der Waals surface area (Å²) in [4.78, 5) is 12.2. The Labute approximate surface area is 134 Å². The van der Waals surface area contributed by atoms with E-state index in [4.69, 9.17) is 14.7 Å². The van der Waals surface area contributed by atoms with Crippen molar-refractivity contribution in [3.63, 3.8) is 0 Å². The molecule has 1 N–H and O–H groups in total. The van der Waals surface area contributed by atoms with Crippen molar-refractivity contribution in [2.24, 2.45) is 0 Å². The maximum Gasteiger partial charge on any atom is 0.251 e. The maximum absolute atomic E-state index is 12.2. The molecule has 0 unspecified atom stereocenters. The molecule has 1 heterocycles. The third-order valence-electron chi connectivity index (χ3n) is 3.69. The predicted octanol–water partition coefficient (Wildman–Crippen LogP) is 2.57. The number of amides is 1. The van der Waals surface area contributed by atoms with Crippen LogP contribution in [0.4, 0.5) is 0 Å². The van der Waals surface area contributed by atoms with Crippen LogP contribution in [0.15, 0.2) is 36.4 Å². The molecule has 0 radical (unpaired) electrons. The van der Waals surface area contributed by atoms with Crippen LogP contribution in [0.5, 0.6) is 11.5 Å². The number of fused-ring (bicyclic) bond motifs is 1. The minimum Gasteiger partial charge on any atom is -0.486 e. The van der Waals surface area contributed by atoms with Crippen molar-refractivity contribution in [1.29, 1.82) is 5.26 Å². The molecule has 0 spiro atoms. The third-order valence-corrected chi connectivity index (χ3v) is 3.69. The molecule has 0 bridgehead atoms. The highest BCUT2D eigenvalue weighted by molar-refractivity contribution is 5.94. The van der Waals surface area contributed by atoms with E-state index in [1.54, 1.807) is 24.3 Å². The van der Waals surface area contributed by atoms with Gasteiger partial charge in [0.25, 0.3) is 5.91 Å². The average molecular weight is 308 g/mol. The molecule has 0 aromatic heterocycles. The lowest BCUT2D eigenvalue weighted by Gasteiger charge is -2.20. The van der Waals surface area contributed by atoms with Crippen molar-refractivity contribution in [1.82, 2.24) is 5.32 Å². The maximum atomic E-state index is 12.2. The Morgan fingerprint density at radius 1 is 1.22 bits per heavy atom. The summed E-state index contributed by atoms with van der Waals surface area (Å²) >= 11 is 0. The summed E-state index contributed by atoms with van der Waals surface area (Å²) in [5.41, 5.74) is 2.94. The second kappa shape index (κ2) is 6.41. The lowest BCUT2D eigenvalue weighted by atomic mass is 10.1. The fourth-order valence-corrected chi connectivity index (χ4v) is 2.43. The summed E-state index contributed by atoms with van der Waals surface area (Å²) in [6.07, 6.45) is 0. The van der Waals surface area contributed by atoms with E-state index in [1.807, 2.05) is 25.1 Å². The van der Waals surface area contributed by atoms with Gasteiger partial charge in [0.1, 0.15) is 13.2 Å². The molecule has 0 saturated carbocycles. The van der Waals surface area contributed by atoms with Gasteiger partial charge in [0.05, 0.1) is 11.6 Å². The summed E-state index contributed by atoms with van der Waals surface area (Å²) in [5, 5.41) is 11.8. The van der Waals surface area contributed by atoms with E-state index in [2.05, 4.69) is 5.32 Å². The van der Waals surface area contributed by atoms with E-state index in [-0.39, 0.29) is 5.91 Å². The number of carbonyl (C=O) groups is 1. The lowest BCUT2D eigenvalue weighted by molar-refractivity contribution is 0.0950. The molecule has 2 aromatic carbocycles. The highest BCUT2D eigenvalue weighted by Crippen LogP contribution is 2.32. The van der Waals surface area contributed by atoms with Crippen LogP contribution in [-0.4, -0.2) is 19.1 Å². The second-order valence-electron chi connectivity index (χ2n) is 5.30. The lowest BCUT2D eigenvalue weighted by Crippen LogP contribution is -2.23. The minimum absolute atomic E-state index is 0.212. The molecule has 0 fully saturated rings. The van der Waals surface area contributed by atoms with E-state index in [9.17, 15) is 4.79 Å². The molecule has 23 heavy (non-hydrogen) atoms. The van der Waals surface area contributed by atoms with Gasteiger partial charge >= 0.3 is 0 Å². The molecule has 2 aromatic rings. The Morgan fingerprint density at radius 3 is 2.70 bits per heavy atom. The number of benzene rings is 2. The van der Waals surface area contributed by atoms with E-state index in [0.717, 1.165) is 16.9 Å². The molecule has 0 saturated heterocycles. The number of hydrogen-bond donors (Lipinski definition) is 1. The minimum atomic E-state index is -0.212. The van der Waals surface area contributed by atoms with Crippen LogP contribution < -0.4 is 14.8 Å². The monoisotopic (exact) mass is 308 g/mol. The topological polar surface area (TPSA) is 71.4 Å². The molecule has 116 valence electrons. The van der Waals surface area contributed by atoms with Crippen molar-refractivity contribution in [2.45, 2.75) is 13.5 Å². The Balaban J connectivity index is 1.73. The van der Waals surface area contributed by atoms with Gasteiger partial charge in [-0.3, -0.25) is 4.79 Å². The standard InChI is InChI=1S/C18H16N2O3/c1-12-7-16-17(23-6-5-22-16)9-15(12)11-20-18(21)14-4-2-3-13(8-14)10-19/h2-4,7-9H,5-6,11H2,1H3,(H,20,21). The number of rotatable bonds is 3. The highest BCUT2D eigenvalue weighted by atomic mass is 16.6. The van der Waals surface area contributed by atoms with Gasteiger partial charge in [-0.05, 0) is 48.4 Å². The van der Waals surface area contributed by atoms with Gasteiger partial charge in [0.15, 0.2) is 11.5 Å². The molecule has 1 aliphatic rings. The summed E-state index contributed by atoms with van der Waals surface area (Å²) in [6.45, 7) is 3.44. The van der Waals surface area contributed by atoms with Crippen molar-refractivity contribution in [2.75, 3.05) is 13.2 Å². The number of carbonyl (C=O) groups excluding carboxylic acids is 1. The zero-order valence-electron chi connectivity index (χ0n) is 12.8. The Morgan fingerprint density at radius 2 is 1.96 bits per heavy atom. The van der Waals surface area contributed by atoms with Crippen LogP contribution >= 0.6 is 0 Å². The summed E-state index contributed by atoms with van der Waals surface area (Å²) in [7, 11) is 0. The molecule has 5 heteroatoms. The number of ether oxygens (including phenoxy) is 2. The van der Waals surface area contributed by atoms with Crippen LogP contribution in [-0.2, 0) is 6.54 Å². The molecular weight excluding hydrogens is 292 g/mol. The first-order chi connectivity index (χ1) is 11.2. The van der Waals surface area contributed by atoms with Gasteiger partial charge in [-0.2, -0.15) is 5.26 Å². The summed E-state index contributed by atoms with van der Waals surface area (Å²) in [6, 6.07) is 12.5. The van der Waals surface area contributed by atoms with Gasteiger partial charge < -0.3 is 14.8 Å². The van der Waals surface area contributed by atoms with Crippen LogP contribution in [0.1, 0.15) is 27.0 Å². The highest BCUT2D eigenvalue weighted by Gasteiger charge is 2.15. The van der Waals surface area contributed by atoms with Crippen LogP contribution in [0.2, 0.25) is 0 Å². The van der Waals surface area contributed by atoms with Gasteiger partial charge in [0.2, 0.25) is 0 Å². The van der Waals surface area contributed by atoms with Crippen LogP contribution in [0.3, 0.4) is 0 Å². The first-order valence-electron chi connectivity index (χ1n) is 7.35. The van der Waals surface area contributed by atoms with E-state index in [1.165, 1.54) is 0 Å². The van der Waals surface area contributed by atoms with E-state index >= 15 is 0 Å². The first-order valence-corrected chi connectivity index (χ1v) is 7.35. The number of nitrogens with one attached hydrogen (secondary N) is 1. The van der Waals surface area contributed by atoms with Crippen molar-refractivity contribution in [3.05, 3.63) is 58.7 Å². The van der Waals surface area contributed by atoms with E-state index in [0.29, 0.717) is 36.6 Å². The Bertz CT molecular complexity index is 793. The van der Waals surface area contributed by atoms with Gasteiger partial charge in [-0.1, -0.05) is 6.07 Å². The van der Waals surface area contributed by atoms with Gasteiger partial charge in [-0.25, -0.2) is 0 Å². The number of aryl methyl sites for hydroxylation is 1. The van der Waals surface area contributed by atoms with Crippen LogP contribution in [0.25, 0.3) is 0 Å². The largest absolute Gasteiger partial charge is 0.486 e. The van der Waals surface area contributed by atoms with E-state index < -0.39 is 0 Å². The SMILES string of the molecule is Cc1cc2c(cc1CNC(=O)c1cccc(C#N)c1)OCCO2. The van der Waals surface area contributed by atoms with Crippen LogP contribution in [0, 0.1) is 18.3 Å². The molecule has 0 atom stereocenters. The quantitative estimate of drug-likeness (QED) is 0.946. The van der Waals surface area contributed by atoms with Gasteiger partial charge in [-0.15, -0.1) is 0 Å². The second-order valence-corrected chi connectivity index (χ2v) is 5.30. The molecule has 5 nitrogen and oxygen atoms in total. The average Bonchev–Trinajstić information content (AvgIpc) is 2.59. The van der Waals surface area contributed by atoms with Crippen molar-refractivity contribution < 1.29 is 14.3 Å². The molecule has 1 aliphatic heterocycles.